The predicted molar refractivity (Wildman–Crippen MR) is 113 cm³/mol. The van der Waals surface area contributed by atoms with Crippen LogP contribution in [0.1, 0.15) is 30.0 Å². The molecule has 2 aliphatic heterocycles. The molecule has 0 bridgehead atoms. The summed E-state index contributed by atoms with van der Waals surface area (Å²) in [6.07, 6.45) is 1.93. The molecule has 0 saturated carbocycles. The molecule has 0 aromatic heterocycles. The summed E-state index contributed by atoms with van der Waals surface area (Å²) in [7, 11) is -1.80. The highest BCUT2D eigenvalue weighted by Crippen LogP contribution is 2.34. The van der Waals surface area contributed by atoms with E-state index in [-0.39, 0.29) is 6.04 Å². The first-order valence-corrected chi connectivity index (χ1v) is 11.7. The Hall–Kier alpha value is -2.13. The number of nitrogens with one attached hydrogen (secondary N) is 1. The lowest BCUT2D eigenvalue weighted by atomic mass is 10.0. The van der Waals surface area contributed by atoms with E-state index in [1.165, 1.54) is 4.31 Å². The quantitative estimate of drug-likeness (QED) is 0.756. The fourth-order valence-corrected chi connectivity index (χ4v) is 5.26. The first-order valence-electron chi connectivity index (χ1n) is 10.3. The molecule has 2 aromatic carbocycles. The molecule has 162 valence electrons. The largest absolute Gasteiger partial charge is 0.497 e. The first-order chi connectivity index (χ1) is 14.6. The van der Waals surface area contributed by atoms with Gasteiger partial charge in [-0.2, -0.15) is 4.31 Å². The molecular formula is C22H28N2O5S. The van der Waals surface area contributed by atoms with E-state index in [2.05, 4.69) is 5.32 Å². The van der Waals surface area contributed by atoms with Gasteiger partial charge in [-0.1, -0.05) is 12.1 Å². The second kappa shape index (κ2) is 9.34. The minimum atomic E-state index is -3.46. The zero-order valence-electron chi connectivity index (χ0n) is 17.2. The van der Waals surface area contributed by atoms with Gasteiger partial charge in [-0.05, 0) is 48.7 Å². The van der Waals surface area contributed by atoms with E-state index >= 15 is 0 Å². The van der Waals surface area contributed by atoms with Crippen LogP contribution in [0.2, 0.25) is 0 Å². The highest BCUT2D eigenvalue weighted by molar-refractivity contribution is 7.89. The van der Waals surface area contributed by atoms with Crippen LogP contribution in [0, 0.1) is 0 Å². The van der Waals surface area contributed by atoms with Crippen molar-refractivity contribution in [3.63, 3.8) is 0 Å². The van der Waals surface area contributed by atoms with Crippen molar-refractivity contribution in [2.24, 2.45) is 0 Å². The molecule has 0 radical (unpaired) electrons. The van der Waals surface area contributed by atoms with E-state index < -0.39 is 10.0 Å². The summed E-state index contributed by atoms with van der Waals surface area (Å²) in [4.78, 5) is 0.325. The standard InChI is InChI=1S/C22H28N2O5S/c1-27-18-6-9-22-20(15-18)21(3-2-12-29-22)23-16-17-4-7-19(8-5-17)30(25,26)24-10-13-28-14-11-24/h4-9,15,21,23H,2-3,10-14,16H2,1H3. The maximum Gasteiger partial charge on any atom is 0.243 e. The van der Waals surface area contributed by atoms with Gasteiger partial charge in [0, 0.05) is 31.2 Å². The van der Waals surface area contributed by atoms with Gasteiger partial charge in [0.1, 0.15) is 11.5 Å². The molecule has 30 heavy (non-hydrogen) atoms. The van der Waals surface area contributed by atoms with E-state index in [0.29, 0.717) is 44.4 Å². The molecule has 2 aromatic rings. The summed E-state index contributed by atoms with van der Waals surface area (Å²) in [5, 5.41) is 3.60. The number of benzene rings is 2. The van der Waals surface area contributed by atoms with Crippen LogP contribution in [0.5, 0.6) is 11.5 Å². The first kappa shape index (κ1) is 21.1. The van der Waals surface area contributed by atoms with E-state index in [1.54, 1.807) is 19.2 Å². The number of hydrogen-bond donors (Lipinski definition) is 1. The Balaban J connectivity index is 1.44. The Kier molecular flexibility index (Phi) is 6.58. The number of hydrogen-bond acceptors (Lipinski definition) is 6. The van der Waals surface area contributed by atoms with Crippen LogP contribution in [0.4, 0.5) is 0 Å². The summed E-state index contributed by atoms with van der Waals surface area (Å²) in [6, 6.07) is 13.2. The van der Waals surface area contributed by atoms with E-state index in [9.17, 15) is 8.42 Å². The van der Waals surface area contributed by atoms with Crippen molar-refractivity contribution in [1.82, 2.24) is 9.62 Å². The van der Waals surface area contributed by atoms with Crippen LogP contribution in [0.25, 0.3) is 0 Å². The Labute approximate surface area is 178 Å². The smallest absolute Gasteiger partial charge is 0.243 e. The van der Waals surface area contributed by atoms with Crippen molar-refractivity contribution in [2.45, 2.75) is 30.3 Å². The Morgan fingerprint density at radius 2 is 1.87 bits per heavy atom. The fraction of sp³-hybridized carbons (Fsp3) is 0.455. The average molecular weight is 433 g/mol. The summed E-state index contributed by atoms with van der Waals surface area (Å²) in [6.45, 7) is 3.03. The van der Waals surface area contributed by atoms with Gasteiger partial charge in [0.05, 0.1) is 31.8 Å². The lowest BCUT2D eigenvalue weighted by molar-refractivity contribution is 0.0730. The molecule has 0 aliphatic carbocycles. The molecule has 8 heteroatoms. The molecule has 0 amide bonds. The maximum absolute atomic E-state index is 12.8. The van der Waals surface area contributed by atoms with Crippen LogP contribution in [0.15, 0.2) is 47.4 Å². The second-order valence-corrected chi connectivity index (χ2v) is 9.43. The molecular weight excluding hydrogens is 404 g/mol. The molecule has 4 rings (SSSR count). The van der Waals surface area contributed by atoms with Crippen LogP contribution in [-0.2, 0) is 21.3 Å². The number of sulfonamides is 1. The third-order valence-electron chi connectivity index (χ3n) is 5.57. The number of nitrogens with zero attached hydrogens (tertiary/aromatic N) is 1. The zero-order valence-corrected chi connectivity index (χ0v) is 18.0. The summed E-state index contributed by atoms with van der Waals surface area (Å²) >= 11 is 0. The predicted octanol–water partition coefficient (Wildman–Crippen LogP) is 2.72. The number of ether oxygens (including phenoxy) is 3. The zero-order chi connectivity index (χ0) is 21.0. The van der Waals surface area contributed by atoms with Gasteiger partial charge in [0.2, 0.25) is 10.0 Å². The number of fused-ring (bicyclic) bond motifs is 1. The molecule has 1 unspecified atom stereocenters. The van der Waals surface area contributed by atoms with Crippen molar-refractivity contribution in [1.29, 1.82) is 0 Å². The van der Waals surface area contributed by atoms with Gasteiger partial charge >= 0.3 is 0 Å². The van der Waals surface area contributed by atoms with Crippen molar-refractivity contribution in [2.75, 3.05) is 40.0 Å². The van der Waals surface area contributed by atoms with Gasteiger partial charge < -0.3 is 19.5 Å². The Morgan fingerprint density at radius 1 is 1.10 bits per heavy atom. The van der Waals surface area contributed by atoms with Gasteiger partial charge in [-0.15, -0.1) is 0 Å². The Morgan fingerprint density at radius 3 is 2.60 bits per heavy atom. The highest BCUT2D eigenvalue weighted by Gasteiger charge is 2.26. The monoisotopic (exact) mass is 432 g/mol. The minimum absolute atomic E-state index is 0.148. The molecule has 1 fully saturated rings. The van der Waals surface area contributed by atoms with Crippen molar-refractivity contribution in [3.8, 4) is 11.5 Å². The average Bonchev–Trinajstić information content (AvgIpc) is 3.00. The topological polar surface area (TPSA) is 77.1 Å². The minimum Gasteiger partial charge on any atom is -0.497 e. The summed E-state index contributed by atoms with van der Waals surface area (Å²) in [5.74, 6) is 1.70. The normalized spacial score (nSPS) is 20.1. The second-order valence-electron chi connectivity index (χ2n) is 7.49. The van der Waals surface area contributed by atoms with Crippen LogP contribution < -0.4 is 14.8 Å². The number of methoxy groups -OCH3 is 1. The van der Waals surface area contributed by atoms with E-state index in [4.69, 9.17) is 14.2 Å². The summed E-state index contributed by atoms with van der Waals surface area (Å²) < 4.78 is 43.5. The molecule has 1 N–H and O–H groups in total. The van der Waals surface area contributed by atoms with E-state index in [0.717, 1.165) is 35.5 Å². The third-order valence-corrected chi connectivity index (χ3v) is 7.48. The molecule has 2 aliphatic rings. The number of rotatable bonds is 6. The van der Waals surface area contributed by atoms with Gasteiger partial charge in [0.25, 0.3) is 0 Å². The SMILES string of the molecule is COc1ccc2c(c1)C(NCc1ccc(S(=O)(=O)N3CCOCC3)cc1)CCCO2. The van der Waals surface area contributed by atoms with E-state index in [1.807, 2.05) is 30.3 Å². The third kappa shape index (κ3) is 4.62. The number of morpholine rings is 1. The molecule has 1 atom stereocenters. The van der Waals surface area contributed by atoms with Gasteiger partial charge in [-0.25, -0.2) is 8.42 Å². The van der Waals surface area contributed by atoms with Gasteiger partial charge in [-0.3, -0.25) is 0 Å². The highest BCUT2D eigenvalue weighted by atomic mass is 32.2. The van der Waals surface area contributed by atoms with Crippen LogP contribution in [0.3, 0.4) is 0 Å². The van der Waals surface area contributed by atoms with Crippen molar-refractivity contribution < 1.29 is 22.6 Å². The van der Waals surface area contributed by atoms with Crippen molar-refractivity contribution >= 4 is 10.0 Å². The lowest BCUT2D eigenvalue weighted by Gasteiger charge is -2.26. The lowest BCUT2D eigenvalue weighted by Crippen LogP contribution is -2.40. The Bertz CT molecular complexity index is 956. The maximum atomic E-state index is 12.8. The van der Waals surface area contributed by atoms with Crippen LogP contribution >= 0.6 is 0 Å². The van der Waals surface area contributed by atoms with Crippen LogP contribution in [-0.4, -0.2) is 52.7 Å². The molecule has 1 saturated heterocycles. The summed E-state index contributed by atoms with van der Waals surface area (Å²) in [5.41, 5.74) is 2.13. The molecule has 2 heterocycles. The molecule has 7 nitrogen and oxygen atoms in total. The van der Waals surface area contributed by atoms with Gasteiger partial charge in [0.15, 0.2) is 0 Å². The molecule has 0 spiro atoms. The van der Waals surface area contributed by atoms with Crippen molar-refractivity contribution in [3.05, 3.63) is 53.6 Å². The fourth-order valence-electron chi connectivity index (χ4n) is 3.85.